The van der Waals surface area contributed by atoms with Crippen molar-refractivity contribution in [1.82, 2.24) is 15.5 Å². The van der Waals surface area contributed by atoms with Gasteiger partial charge < -0.3 is 10.2 Å². The normalized spacial score (nSPS) is 26.3. The van der Waals surface area contributed by atoms with E-state index in [2.05, 4.69) is 20.4 Å². The van der Waals surface area contributed by atoms with Gasteiger partial charge in [0.25, 0.3) is 0 Å². The first kappa shape index (κ1) is 12.7. The second-order valence-electron chi connectivity index (χ2n) is 5.32. The number of amides is 1. The number of anilines is 1. The number of nitrogens with zero attached hydrogens (tertiary/aromatic N) is 3. The summed E-state index contributed by atoms with van der Waals surface area (Å²) >= 11 is 6.00. The van der Waals surface area contributed by atoms with E-state index in [0.29, 0.717) is 11.7 Å². The molecule has 2 fully saturated rings. The lowest BCUT2D eigenvalue weighted by atomic mass is 9.91. The van der Waals surface area contributed by atoms with Crippen molar-refractivity contribution in [2.45, 2.75) is 32.7 Å². The first-order valence-electron chi connectivity index (χ1n) is 6.63. The number of halogens is 1. The van der Waals surface area contributed by atoms with Gasteiger partial charge in [0.1, 0.15) is 0 Å². The van der Waals surface area contributed by atoms with Crippen LogP contribution in [0, 0.1) is 19.8 Å². The maximum atomic E-state index is 11.8. The highest BCUT2D eigenvalue weighted by atomic mass is 35.5. The summed E-state index contributed by atoms with van der Waals surface area (Å²) in [5.41, 5.74) is 2.02. The first-order valence-corrected chi connectivity index (χ1v) is 7.01. The molecule has 0 aliphatic carbocycles. The zero-order valence-electron chi connectivity index (χ0n) is 11.1. The molecule has 2 saturated heterocycles. The lowest BCUT2D eigenvalue weighted by Crippen LogP contribution is -2.46. The van der Waals surface area contributed by atoms with Crippen molar-refractivity contribution in [1.29, 1.82) is 0 Å². The van der Waals surface area contributed by atoms with Crippen LogP contribution in [-0.2, 0) is 4.79 Å². The van der Waals surface area contributed by atoms with Crippen LogP contribution in [0.5, 0.6) is 0 Å². The van der Waals surface area contributed by atoms with E-state index in [1.165, 1.54) is 0 Å². The zero-order valence-corrected chi connectivity index (χ0v) is 11.9. The number of carbonyl (C=O) groups excluding carboxylic acids is 1. The molecule has 6 heteroatoms. The number of aromatic nitrogens is 2. The minimum atomic E-state index is 0.0888. The van der Waals surface area contributed by atoms with E-state index < -0.39 is 0 Å². The van der Waals surface area contributed by atoms with Gasteiger partial charge in [-0.3, -0.25) is 4.79 Å². The summed E-state index contributed by atoms with van der Waals surface area (Å²) in [7, 11) is 0. The summed E-state index contributed by atoms with van der Waals surface area (Å²) in [6, 6.07) is 0.204. The predicted molar refractivity (Wildman–Crippen MR) is 73.4 cm³/mol. The van der Waals surface area contributed by atoms with E-state index in [1.54, 1.807) is 0 Å². The quantitative estimate of drug-likeness (QED) is 0.846. The van der Waals surface area contributed by atoms with Gasteiger partial charge in [-0.05, 0) is 37.8 Å². The average molecular weight is 281 g/mol. The molecule has 2 unspecified atom stereocenters. The number of piperidine rings is 1. The Morgan fingerprint density at radius 3 is 2.89 bits per heavy atom. The molecule has 0 bridgehead atoms. The van der Waals surface area contributed by atoms with Crippen molar-refractivity contribution in [3.05, 3.63) is 16.3 Å². The second kappa shape index (κ2) is 4.63. The molecule has 3 rings (SSSR count). The second-order valence-corrected chi connectivity index (χ2v) is 5.68. The molecule has 2 atom stereocenters. The van der Waals surface area contributed by atoms with Gasteiger partial charge in [-0.15, -0.1) is 10.2 Å². The van der Waals surface area contributed by atoms with E-state index in [0.717, 1.165) is 36.3 Å². The first-order chi connectivity index (χ1) is 9.09. The van der Waals surface area contributed by atoms with Gasteiger partial charge >= 0.3 is 0 Å². The number of fused-ring (bicyclic) bond motifs is 1. The molecule has 1 amide bonds. The van der Waals surface area contributed by atoms with Gasteiger partial charge in [-0.2, -0.15) is 0 Å². The maximum Gasteiger partial charge on any atom is 0.225 e. The van der Waals surface area contributed by atoms with Crippen LogP contribution in [0.1, 0.15) is 24.0 Å². The molecule has 0 spiro atoms. The van der Waals surface area contributed by atoms with Crippen molar-refractivity contribution >= 4 is 23.3 Å². The van der Waals surface area contributed by atoms with Crippen LogP contribution in [0.25, 0.3) is 0 Å². The Labute approximate surface area is 117 Å². The molecule has 102 valence electrons. The topological polar surface area (TPSA) is 58.1 Å². The third-order valence-corrected chi connectivity index (χ3v) is 4.67. The molecule has 1 N–H and O–H groups in total. The van der Waals surface area contributed by atoms with Crippen LogP contribution < -0.4 is 10.2 Å². The molecule has 2 aliphatic heterocycles. The molecule has 2 aliphatic rings. The van der Waals surface area contributed by atoms with E-state index in [4.69, 9.17) is 11.6 Å². The Balaban J connectivity index is 1.98. The van der Waals surface area contributed by atoms with Gasteiger partial charge in [-0.1, -0.05) is 11.6 Å². The minimum absolute atomic E-state index is 0.0888. The lowest BCUT2D eigenvalue weighted by Gasteiger charge is -2.37. The summed E-state index contributed by atoms with van der Waals surface area (Å²) in [4.78, 5) is 14.0. The van der Waals surface area contributed by atoms with E-state index in [9.17, 15) is 4.79 Å². The summed E-state index contributed by atoms with van der Waals surface area (Å²) in [6.07, 6.45) is 1.98. The smallest absolute Gasteiger partial charge is 0.225 e. The van der Waals surface area contributed by atoms with E-state index in [1.807, 2.05) is 13.8 Å². The third-order valence-electron chi connectivity index (χ3n) is 4.31. The Morgan fingerprint density at radius 2 is 2.11 bits per heavy atom. The summed E-state index contributed by atoms with van der Waals surface area (Å²) in [5, 5.41) is 11.7. The molecule has 3 heterocycles. The van der Waals surface area contributed by atoms with E-state index >= 15 is 0 Å². The van der Waals surface area contributed by atoms with Gasteiger partial charge in [0.2, 0.25) is 5.91 Å². The van der Waals surface area contributed by atoms with Crippen LogP contribution in [-0.4, -0.2) is 35.2 Å². The van der Waals surface area contributed by atoms with Crippen LogP contribution >= 0.6 is 11.6 Å². The van der Waals surface area contributed by atoms with Crippen LogP contribution in [0.2, 0.25) is 5.15 Å². The molecule has 5 nitrogen and oxygen atoms in total. The molecule has 1 aromatic heterocycles. The monoisotopic (exact) mass is 280 g/mol. The van der Waals surface area contributed by atoms with Crippen molar-refractivity contribution in [3.63, 3.8) is 0 Å². The molecular formula is C13H17ClN4O. The fourth-order valence-corrected chi connectivity index (χ4v) is 3.23. The van der Waals surface area contributed by atoms with Crippen LogP contribution in [0.15, 0.2) is 0 Å². The Morgan fingerprint density at radius 1 is 1.32 bits per heavy atom. The Kier molecular flexibility index (Phi) is 3.09. The number of hydrogen-bond donors (Lipinski definition) is 1. The van der Waals surface area contributed by atoms with E-state index in [-0.39, 0.29) is 17.9 Å². The molecule has 0 aromatic carbocycles. The van der Waals surface area contributed by atoms with Gasteiger partial charge in [0, 0.05) is 13.1 Å². The summed E-state index contributed by atoms with van der Waals surface area (Å²) in [6.45, 7) is 5.59. The van der Waals surface area contributed by atoms with Crippen LogP contribution in [0.4, 0.5) is 5.82 Å². The Hall–Kier alpha value is -1.36. The highest BCUT2D eigenvalue weighted by molar-refractivity contribution is 6.30. The molecule has 0 radical (unpaired) electrons. The summed E-state index contributed by atoms with van der Waals surface area (Å²) in [5.74, 6) is 1.13. The minimum Gasteiger partial charge on any atom is -0.354 e. The molecular weight excluding hydrogens is 264 g/mol. The third kappa shape index (κ3) is 1.96. The van der Waals surface area contributed by atoms with Crippen LogP contribution in [0.3, 0.4) is 0 Å². The lowest BCUT2D eigenvalue weighted by molar-refractivity contribution is -0.123. The van der Waals surface area contributed by atoms with Gasteiger partial charge in [-0.25, -0.2) is 0 Å². The fraction of sp³-hybridized carbons (Fsp3) is 0.615. The van der Waals surface area contributed by atoms with Crippen molar-refractivity contribution in [3.8, 4) is 0 Å². The SMILES string of the molecule is Cc1c(Cl)nnc(N2CCCC3C(=O)NCC32)c1C. The number of rotatable bonds is 1. The fourth-order valence-electron chi connectivity index (χ4n) is 3.05. The van der Waals surface area contributed by atoms with Gasteiger partial charge in [0.05, 0.1) is 12.0 Å². The van der Waals surface area contributed by atoms with Crippen molar-refractivity contribution in [2.75, 3.05) is 18.0 Å². The van der Waals surface area contributed by atoms with Crippen molar-refractivity contribution in [2.24, 2.45) is 5.92 Å². The molecule has 19 heavy (non-hydrogen) atoms. The standard InChI is InChI=1S/C13H17ClN4O/c1-7-8(2)12(17-16-11(7)14)18-5-3-4-9-10(18)6-15-13(9)19/h9-10H,3-6H2,1-2H3,(H,15,19). The Bertz CT molecular complexity index is 534. The predicted octanol–water partition coefficient (Wildman–Crippen LogP) is 1.46. The zero-order chi connectivity index (χ0) is 13.6. The molecule has 1 aromatic rings. The highest BCUT2D eigenvalue weighted by Gasteiger charge is 2.41. The largest absolute Gasteiger partial charge is 0.354 e. The maximum absolute atomic E-state index is 11.8. The summed E-state index contributed by atoms with van der Waals surface area (Å²) < 4.78 is 0. The number of nitrogens with one attached hydrogen (secondary N) is 1. The number of hydrogen-bond acceptors (Lipinski definition) is 4. The number of carbonyl (C=O) groups is 1. The van der Waals surface area contributed by atoms with Crippen molar-refractivity contribution < 1.29 is 4.79 Å². The average Bonchev–Trinajstić information content (AvgIpc) is 2.79. The molecule has 0 saturated carbocycles. The highest BCUT2D eigenvalue weighted by Crippen LogP contribution is 2.33. The van der Waals surface area contributed by atoms with Gasteiger partial charge in [0.15, 0.2) is 11.0 Å².